The number of hydrogen-bond acceptors (Lipinski definition) is 7. The maximum absolute atomic E-state index is 14.1. The Morgan fingerprint density at radius 3 is 2.35 bits per heavy atom. The highest BCUT2D eigenvalue weighted by molar-refractivity contribution is 7.84. The number of alkyl halides is 3. The first-order chi connectivity index (χ1) is 22.0. The van der Waals surface area contributed by atoms with Crippen LogP contribution in [-0.2, 0) is 23.5 Å². The molecule has 1 unspecified atom stereocenters. The molecule has 13 heteroatoms. The molecule has 1 aliphatic rings. The van der Waals surface area contributed by atoms with E-state index in [9.17, 15) is 22.2 Å². The molecule has 0 saturated carbocycles. The van der Waals surface area contributed by atoms with Crippen molar-refractivity contribution in [3.05, 3.63) is 105 Å². The van der Waals surface area contributed by atoms with Crippen LogP contribution >= 0.6 is 11.6 Å². The lowest BCUT2D eigenvalue weighted by Gasteiger charge is -2.34. The molecule has 1 N–H and O–H groups in total. The molecule has 0 aliphatic carbocycles. The van der Waals surface area contributed by atoms with Crippen molar-refractivity contribution in [2.45, 2.75) is 17.6 Å². The molecule has 0 spiro atoms. The molecule has 0 radical (unpaired) electrons. The summed E-state index contributed by atoms with van der Waals surface area (Å²) in [5.41, 5.74) is 0.942. The van der Waals surface area contributed by atoms with Crippen LogP contribution in [0.4, 0.5) is 30.5 Å². The summed E-state index contributed by atoms with van der Waals surface area (Å²) in [4.78, 5) is 28.2. The van der Waals surface area contributed by atoms with Gasteiger partial charge in [-0.2, -0.15) is 18.2 Å². The monoisotopic (exact) mass is 666 g/mol. The van der Waals surface area contributed by atoms with Gasteiger partial charge in [-0.15, -0.1) is 0 Å². The van der Waals surface area contributed by atoms with Crippen molar-refractivity contribution in [2.24, 2.45) is 0 Å². The molecule has 8 nitrogen and oxygen atoms in total. The van der Waals surface area contributed by atoms with Gasteiger partial charge < -0.3 is 15.1 Å². The van der Waals surface area contributed by atoms with Crippen LogP contribution in [0, 0.1) is 0 Å². The van der Waals surface area contributed by atoms with Crippen molar-refractivity contribution in [3.8, 4) is 11.1 Å². The first kappa shape index (κ1) is 31.7. The Labute approximate surface area is 270 Å². The van der Waals surface area contributed by atoms with E-state index in [0.29, 0.717) is 21.5 Å². The van der Waals surface area contributed by atoms with Crippen LogP contribution in [0.1, 0.15) is 11.1 Å². The minimum Gasteiger partial charge on any atom is -0.369 e. The predicted octanol–water partition coefficient (Wildman–Crippen LogP) is 6.41. The molecule has 1 atom stereocenters. The summed E-state index contributed by atoms with van der Waals surface area (Å²) in [6.45, 7) is 3.44. The number of nitrogens with zero attached hydrogens (tertiary/aromatic N) is 5. The van der Waals surface area contributed by atoms with E-state index >= 15 is 0 Å². The fourth-order valence-corrected chi connectivity index (χ4v) is 6.40. The van der Waals surface area contributed by atoms with Crippen LogP contribution in [-0.4, -0.2) is 63.1 Å². The quantitative estimate of drug-likeness (QED) is 0.215. The first-order valence-corrected chi connectivity index (χ1v) is 16.4. The summed E-state index contributed by atoms with van der Waals surface area (Å²) >= 11 is 6.53. The third-order valence-electron chi connectivity index (χ3n) is 8.03. The number of likely N-dealkylation sites (N-methyl/N-ethyl adjacent to an activating group) is 1. The Morgan fingerprint density at radius 1 is 0.957 bits per heavy atom. The molecule has 0 amide bonds. The summed E-state index contributed by atoms with van der Waals surface area (Å²) in [6.07, 6.45) is -1.60. The zero-order chi connectivity index (χ0) is 32.6. The van der Waals surface area contributed by atoms with Crippen molar-refractivity contribution in [1.82, 2.24) is 19.4 Å². The molecule has 1 fully saturated rings. The zero-order valence-corrected chi connectivity index (χ0v) is 26.6. The number of fused-ring (bicyclic) bond motifs is 1. The number of rotatable bonds is 7. The Kier molecular flexibility index (Phi) is 8.86. The Bertz CT molecular complexity index is 1990. The first-order valence-electron chi connectivity index (χ1n) is 14.5. The predicted molar refractivity (Wildman–Crippen MR) is 177 cm³/mol. The van der Waals surface area contributed by atoms with Crippen LogP contribution in [0.5, 0.6) is 0 Å². The van der Waals surface area contributed by atoms with Crippen molar-refractivity contribution >= 4 is 50.8 Å². The smallest absolute Gasteiger partial charge is 0.369 e. The summed E-state index contributed by atoms with van der Waals surface area (Å²) in [5.74, 6) is 0.178. The summed E-state index contributed by atoms with van der Waals surface area (Å²) in [7, 11) is 0.801. The van der Waals surface area contributed by atoms with Gasteiger partial charge in [-0.1, -0.05) is 35.9 Å². The molecule has 3 aromatic carbocycles. The Morgan fingerprint density at radius 2 is 1.67 bits per heavy atom. The lowest BCUT2D eigenvalue weighted by molar-refractivity contribution is -0.138. The van der Waals surface area contributed by atoms with Gasteiger partial charge in [0.05, 0.1) is 12.1 Å². The zero-order valence-electron chi connectivity index (χ0n) is 25.0. The number of nitrogens with one attached hydrogen (secondary N) is 1. The highest BCUT2D eigenvalue weighted by Crippen LogP contribution is 2.34. The number of anilines is 3. The third-order valence-corrected chi connectivity index (χ3v) is 9.26. The van der Waals surface area contributed by atoms with Gasteiger partial charge in [0, 0.05) is 87.2 Å². The number of benzene rings is 3. The number of hydrogen-bond donors (Lipinski definition) is 1. The molecule has 5 aromatic rings. The van der Waals surface area contributed by atoms with E-state index in [4.69, 9.17) is 11.6 Å². The van der Waals surface area contributed by atoms with E-state index in [1.165, 1.54) is 41.3 Å². The molecule has 0 bridgehead atoms. The third kappa shape index (κ3) is 6.64. The molecule has 238 valence electrons. The SMILES string of the molecule is CN1CCN(c2ccc(Nc3ncc4cc(-c5ccc(S(C)=O)cc5Cl)c(=O)n(Cc5ccccc5C(F)(F)F)c4n3)cc2)CC1. The number of pyridine rings is 1. The van der Waals surface area contributed by atoms with Gasteiger partial charge in [0.15, 0.2) is 0 Å². The summed E-state index contributed by atoms with van der Waals surface area (Å²) in [5, 5.41) is 3.77. The van der Waals surface area contributed by atoms with Gasteiger partial charge in [-0.25, -0.2) is 4.98 Å². The van der Waals surface area contributed by atoms with Gasteiger partial charge in [0.1, 0.15) is 5.65 Å². The molecule has 3 heterocycles. The Balaban J connectivity index is 1.42. The van der Waals surface area contributed by atoms with Crippen LogP contribution in [0.15, 0.2) is 88.7 Å². The average Bonchev–Trinajstić information content (AvgIpc) is 3.03. The lowest BCUT2D eigenvalue weighted by Crippen LogP contribution is -2.44. The second-order valence-electron chi connectivity index (χ2n) is 11.1. The van der Waals surface area contributed by atoms with Gasteiger partial charge >= 0.3 is 6.18 Å². The van der Waals surface area contributed by atoms with Gasteiger partial charge in [0.25, 0.3) is 5.56 Å². The van der Waals surface area contributed by atoms with Crippen molar-refractivity contribution in [3.63, 3.8) is 0 Å². The fourth-order valence-electron chi connectivity index (χ4n) is 5.51. The molecular formula is C33H30ClF3N6O2S. The normalized spacial score (nSPS) is 14.9. The highest BCUT2D eigenvalue weighted by atomic mass is 35.5. The maximum Gasteiger partial charge on any atom is 0.416 e. The fraction of sp³-hybridized carbons (Fsp3) is 0.242. The minimum atomic E-state index is -4.62. The van der Waals surface area contributed by atoms with E-state index in [2.05, 4.69) is 32.1 Å². The van der Waals surface area contributed by atoms with Crippen LogP contribution in [0.25, 0.3) is 22.2 Å². The topological polar surface area (TPSA) is 83.4 Å². The molecule has 1 saturated heterocycles. The van der Waals surface area contributed by atoms with E-state index in [0.717, 1.165) is 37.9 Å². The maximum atomic E-state index is 14.1. The highest BCUT2D eigenvalue weighted by Gasteiger charge is 2.33. The second kappa shape index (κ2) is 12.9. The van der Waals surface area contributed by atoms with Gasteiger partial charge in [0.2, 0.25) is 5.95 Å². The van der Waals surface area contributed by atoms with Gasteiger partial charge in [-0.05, 0) is 61.1 Å². The minimum absolute atomic E-state index is 0.0917. The Hall–Kier alpha value is -4.26. The number of aromatic nitrogens is 3. The van der Waals surface area contributed by atoms with E-state index < -0.39 is 34.6 Å². The number of piperazine rings is 1. The van der Waals surface area contributed by atoms with Crippen LogP contribution in [0.2, 0.25) is 5.02 Å². The van der Waals surface area contributed by atoms with Crippen LogP contribution < -0.4 is 15.8 Å². The lowest BCUT2D eigenvalue weighted by atomic mass is 10.0. The van der Waals surface area contributed by atoms with E-state index in [1.54, 1.807) is 18.2 Å². The number of halogens is 4. The van der Waals surface area contributed by atoms with Crippen molar-refractivity contribution < 1.29 is 17.4 Å². The average molecular weight is 667 g/mol. The summed E-state index contributed by atoms with van der Waals surface area (Å²) < 4.78 is 55.1. The van der Waals surface area contributed by atoms with Crippen molar-refractivity contribution in [2.75, 3.05) is 49.7 Å². The molecule has 2 aromatic heterocycles. The van der Waals surface area contributed by atoms with Crippen molar-refractivity contribution in [1.29, 1.82) is 0 Å². The van der Waals surface area contributed by atoms with Crippen LogP contribution in [0.3, 0.4) is 0 Å². The summed E-state index contributed by atoms with van der Waals surface area (Å²) in [6, 6.07) is 19.2. The molecule has 1 aliphatic heterocycles. The second-order valence-corrected chi connectivity index (χ2v) is 12.9. The standard InChI is InChI=1S/C33H30ClF3N6O2S/c1-41-13-15-42(16-14-41)24-9-7-23(8-10-24)39-32-38-19-22-17-27(26-12-11-25(46(2)45)18-29(26)34)31(44)43(30(22)40-32)20-21-5-3-4-6-28(21)33(35,36)37/h3-12,17-19H,13-16,20H2,1-2H3,(H,38,39,40). The molecule has 46 heavy (non-hydrogen) atoms. The largest absolute Gasteiger partial charge is 0.416 e. The molecule has 6 rings (SSSR count). The van der Waals surface area contributed by atoms with E-state index in [1.807, 2.05) is 24.3 Å². The van der Waals surface area contributed by atoms with E-state index in [-0.39, 0.29) is 27.7 Å². The molecular weight excluding hydrogens is 637 g/mol. The van der Waals surface area contributed by atoms with Gasteiger partial charge in [-0.3, -0.25) is 13.6 Å².